The van der Waals surface area contributed by atoms with Crippen molar-refractivity contribution in [2.45, 2.75) is 26.3 Å². The Kier molecular flexibility index (Phi) is 5.76. The molecule has 0 aliphatic heterocycles. The topological polar surface area (TPSA) is 90.4 Å². The van der Waals surface area contributed by atoms with Gasteiger partial charge in [0, 0.05) is 11.3 Å². The van der Waals surface area contributed by atoms with Crippen LogP contribution in [0.1, 0.15) is 31.5 Å². The van der Waals surface area contributed by atoms with Crippen molar-refractivity contribution in [3.05, 3.63) is 66.2 Å². The predicted molar refractivity (Wildman–Crippen MR) is 104 cm³/mol. The van der Waals surface area contributed by atoms with Gasteiger partial charge in [0.1, 0.15) is 11.8 Å². The molecule has 1 amide bonds. The van der Waals surface area contributed by atoms with Crippen molar-refractivity contribution in [2.75, 3.05) is 11.9 Å². The number of amides is 1. The summed E-state index contributed by atoms with van der Waals surface area (Å²) >= 11 is 0. The van der Waals surface area contributed by atoms with E-state index >= 15 is 0 Å². The molecule has 3 N–H and O–H groups in total. The van der Waals surface area contributed by atoms with Crippen LogP contribution in [0.3, 0.4) is 0 Å². The third kappa shape index (κ3) is 4.67. The molecule has 1 atom stereocenters. The van der Waals surface area contributed by atoms with Crippen molar-refractivity contribution < 1.29 is 13.9 Å². The minimum atomic E-state index is -0.504. The largest absolute Gasteiger partial charge is 0.484 e. The fourth-order valence-electron chi connectivity index (χ4n) is 2.72. The van der Waals surface area contributed by atoms with E-state index in [1.54, 1.807) is 12.1 Å². The molecule has 0 aliphatic carbocycles. The fourth-order valence-corrected chi connectivity index (χ4v) is 2.72. The van der Waals surface area contributed by atoms with Crippen LogP contribution < -0.4 is 15.8 Å². The Bertz CT molecular complexity index is 889. The summed E-state index contributed by atoms with van der Waals surface area (Å²) < 4.78 is 11.3. The first-order chi connectivity index (χ1) is 13.1. The van der Waals surface area contributed by atoms with Gasteiger partial charge in [-0.15, -0.1) is 0 Å². The average molecular weight is 365 g/mol. The molecule has 6 heteroatoms. The lowest BCUT2D eigenvalue weighted by Gasteiger charge is -2.12. The summed E-state index contributed by atoms with van der Waals surface area (Å²) in [6.07, 6.45) is 0.798. The second-order valence-electron chi connectivity index (χ2n) is 6.19. The average Bonchev–Trinajstić information content (AvgIpc) is 3.13. The van der Waals surface area contributed by atoms with Crippen molar-refractivity contribution in [1.29, 1.82) is 0 Å². The zero-order chi connectivity index (χ0) is 19.2. The zero-order valence-corrected chi connectivity index (χ0v) is 15.4. The fraction of sp³-hybridized carbons (Fsp3) is 0.238. The Morgan fingerprint density at radius 3 is 2.52 bits per heavy atom. The van der Waals surface area contributed by atoms with Gasteiger partial charge in [0.15, 0.2) is 12.4 Å². The van der Waals surface area contributed by atoms with Gasteiger partial charge in [0.05, 0.1) is 5.69 Å². The van der Waals surface area contributed by atoms with Crippen LogP contribution in [-0.2, 0) is 11.2 Å². The highest BCUT2D eigenvalue weighted by Gasteiger charge is 2.18. The maximum absolute atomic E-state index is 10.8. The summed E-state index contributed by atoms with van der Waals surface area (Å²) in [6.45, 7) is 3.93. The van der Waals surface area contributed by atoms with Gasteiger partial charge in [-0.25, -0.2) is 4.98 Å². The van der Waals surface area contributed by atoms with Gasteiger partial charge in [-0.2, -0.15) is 0 Å². The summed E-state index contributed by atoms with van der Waals surface area (Å²) in [5.74, 6) is 1.54. The molecule has 3 rings (SSSR count). The van der Waals surface area contributed by atoms with E-state index < -0.39 is 5.91 Å². The number of benzene rings is 2. The van der Waals surface area contributed by atoms with E-state index in [4.69, 9.17) is 14.9 Å². The maximum atomic E-state index is 10.8. The van der Waals surface area contributed by atoms with E-state index in [0.717, 1.165) is 29.1 Å². The molecule has 0 radical (unpaired) electrons. The lowest BCUT2D eigenvalue weighted by molar-refractivity contribution is -0.119. The number of primary amides is 1. The highest BCUT2D eigenvalue weighted by Crippen LogP contribution is 2.29. The van der Waals surface area contributed by atoms with E-state index in [9.17, 15) is 4.79 Å². The molecule has 140 valence electrons. The number of nitrogens with zero attached hydrogens (tertiary/aromatic N) is 1. The molecule has 0 bridgehead atoms. The lowest BCUT2D eigenvalue weighted by Crippen LogP contribution is -2.19. The van der Waals surface area contributed by atoms with Crippen molar-refractivity contribution in [2.24, 2.45) is 5.73 Å². The number of rotatable bonds is 8. The van der Waals surface area contributed by atoms with E-state index in [2.05, 4.69) is 17.2 Å². The molecule has 1 heterocycles. The quantitative estimate of drug-likeness (QED) is 0.631. The number of hydrogen-bond donors (Lipinski definition) is 2. The number of aryl methyl sites for hydroxylation is 1. The third-order valence-electron chi connectivity index (χ3n) is 4.07. The minimum absolute atomic E-state index is 0.106. The molecule has 0 aliphatic rings. The van der Waals surface area contributed by atoms with Gasteiger partial charge >= 0.3 is 0 Å². The number of nitrogens with one attached hydrogen (secondary N) is 1. The molecule has 0 spiro atoms. The van der Waals surface area contributed by atoms with Crippen molar-refractivity contribution >= 4 is 11.6 Å². The third-order valence-corrected chi connectivity index (χ3v) is 4.07. The number of aromatic nitrogens is 1. The molecule has 0 unspecified atom stereocenters. The van der Waals surface area contributed by atoms with Crippen LogP contribution in [0, 0.1) is 0 Å². The molecule has 0 saturated carbocycles. The molecular formula is C21H23N3O3. The van der Waals surface area contributed by atoms with Gasteiger partial charge in [0.25, 0.3) is 5.91 Å². The number of hydrogen-bond acceptors (Lipinski definition) is 5. The minimum Gasteiger partial charge on any atom is -0.484 e. The normalized spacial score (nSPS) is 11.8. The van der Waals surface area contributed by atoms with Gasteiger partial charge < -0.3 is 20.2 Å². The number of ether oxygens (including phenoxy) is 1. The SMILES string of the molecule is CCc1nc([C@@H](C)Nc2ccc(OCC(N)=O)cc2)oc1-c1ccccc1. The number of nitrogens with two attached hydrogens (primary N) is 1. The van der Waals surface area contributed by atoms with Crippen LogP contribution in [0.4, 0.5) is 5.69 Å². The molecule has 1 aromatic heterocycles. The van der Waals surface area contributed by atoms with Gasteiger partial charge in [0.2, 0.25) is 5.89 Å². The summed E-state index contributed by atoms with van der Waals surface area (Å²) in [7, 11) is 0. The second kappa shape index (κ2) is 8.40. The van der Waals surface area contributed by atoms with Crippen LogP contribution in [0.2, 0.25) is 0 Å². The van der Waals surface area contributed by atoms with Crippen LogP contribution in [0.15, 0.2) is 59.0 Å². The van der Waals surface area contributed by atoms with E-state index in [1.165, 1.54) is 0 Å². The molecular weight excluding hydrogens is 342 g/mol. The summed E-state index contributed by atoms with van der Waals surface area (Å²) in [6, 6.07) is 17.2. The highest BCUT2D eigenvalue weighted by molar-refractivity contribution is 5.75. The number of carbonyl (C=O) groups excluding carboxylic acids is 1. The second-order valence-corrected chi connectivity index (χ2v) is 6.19. The summed E-state index contributed by atoms with van der Waals surface area (Å²) in [4.78, 5) is 15.4. The Balaban J connectivity index is 1.72. The Morgan fingerprint density at radius 2 is 1.89 bits per heavy atom. The van der Waals surface area contributed by atoms with Crippen LogP contribution in [0.5, 0.6) is 5.75 Å². The molecule has 27 heavy (non-hydrogen) atoms. The van der Waals surface area contributed by atoms with Gasteiger partial charge in [-0.05, 0) is 37.6 Å². The Hall–Kier alpha value is -3.28. The summed E-state index contributed by atoms with van der Waals surface area (Å²) in [5.41, 5.74) is 7.94. The lowest BCUT2D eigenvalue weighted by atomic mass is 10.1. The van der Waals surface area contributed by atoms with E-state index in [0.29, 0.717) is 11.6 Å². The zero-order valence-electron chi connectivity index (χ0n) is 15.4. The number of oxazole rings is 1. The molecule has 0 saturated heterocycles. The van der Waals surface area contributed by atoms with Crippen LogP contribution in [-0.4, -0.2) is 17.5 Å². The summed E-state index contributed by atoms with van der Waals surface area (Å²) in [5, 5.41) is 3.36. The van der Waals surface area contributed by atoms with Crippen molar-refractivity contribution in [3.8, 4) is 17.1 Å². The first-order valence-corrected chi connectivity index (χ1v) is 8.89. The Labute approximate surface area is 158 Å². The van der Waals surface area contributed by atoms with Gasteiger partial charge in [-0.3, -0.25) is 4.79 Å². The van der Waals surface area contributed by atoms with Gasteiger partial charge in [-0.1, -0.05) is 37.3 Å². The standard InChI is InChI=1S/C21H23N3O3/c1-3-18-20(15-7-5-4-6-8-15)27-21(24-18)14(2)23-16-9-11-17(12-10-16)26-13-19(22)25/h4-12,14,23H,3,13H2,1-2H3,(H2,22,25)/t14-/m1/s1. The molecule has 0 fully saturated rings. The smallest absolute Gasteiger partial charge is 0.255 e. The number of carbonyl (C=O) groups is 1. The van der Waals surface area contributed by atoms with Crippen LogP contribution >= 0.6 is 0 Å². The van der Waals surface area contributed by atoms with Crippen molar-refractivity contribution in [3.63, 3.8) is 0 Å². The molecule has 3 aromatic rings. The van der Waals surface area contributed by atoms with E-state index in [-0.39, 0.29) is 12.6 Å². The predicted octanol–water partition coefficient (Wildman–Crippen LogP) is 3.94. The monoisotopic (exact) mass is 365 g/mol. The highest BCUT2D eigenvalue weighted by atomic mass is 16.5. The van der Waals surface area contributed by atoms with Crippen molar-refractivity contribution in [1.82, 2.24) is 4.98 Å². The first-order valence-electron chi connectivity index (χ1n) is 8.89. The molecule has 2 aromatic carbocycles. The molecule has 6 nitrogen and oxygen atoms in total. The van der Waals surface area contributed by atoms with Crippen LogP contribution in [0.25, 0.3) is 11.3 Å². The first kappa shape index (κ1) is 18.5. The Morgan fingerprint density at radius 1 is 1.19 bits per heavy atom. The number of anilines is 1. The maximum Gasteiger partial charge on any atom is 0.255 e. The van der Waals surface area contributed by atoms with E-state index in [1.807, 2.05) is 49.4 Å².